The number of hydrogen-bond acceptors (Lipinski definition) is 4. The molecule has 17 heavy (non-hydrogen) atoms. The van der Waals surface area contributed by atoms with Gasteiger partial charge in [0.2, 0.25) is 5.28 Å². The van der Waals surface area contributed by atoms with E-state index < -0.39 is 5.82 Å². The van der Waals surface area contributed by atoms with Crippen LogP contribution in [0.5, 0.6) is 0 Å². The largest absolute Gasteiger partial charge is 0.337 e. The summed E-state index contributed by atoms with van der Waals surface area (Å²) in [5.41, 5.74) is 0.383. The van der Waals surface area contributed by atoms with Gasteiger partial charge in [0.05, 0.1) is 0 Å². The van der Waals surface area contributed by atoms with Crippen molar-refractivity contribution in [2.75, 3.05) is 5.32 Å². The molecule has 2 rings (SSSR count). The topological polar surface area (TPSA) is 50.7 Å². The van der Waals surface area contributed by atoms with Gasteiger partial charge >= 0.3 is 0 Å². The summed E-state index contributed by atoms with van der Waals surface area (Å²) in [6, 6.07) is 3.93. The third-order valence-electron chi connectivity index (χ3n) is 1.75. The number of halogens is 4. The highest BCUT2D eigenvalue weighted by Gasteiger charge is 2.07. The average Bonchev–Trinajstić information content (AvgIpc) is 2.22. The van der Waals surface area contributed by atoms with E-state index >= 15 is 0 Å². The Morgan fingerprint density at radius 1 is 1.06 bits per heavy atom. The fourth-order valence-corrected chi connectivity index (χ4v) is 1.61. The van der Waals surface area contributed by atoms with Crippen LogP contribution in [0.1, 0.15) is 0 Å². The number of hydrogen-bond donors (Lipinski definition) is 1. The first-order valence-corrected chi connectivity index (χ1v) is 5.47. The summed E-state index contributed by atoms with van der Waals surface area (Å²) in [6.45, 7) is 0. The fourth-order valence-electron chi connectivity index (χ4n) is 1.14. The number of rotatable bonds is 2. The minimum Gasteiger partial charge on any atom is -0.337 e. The van der Waals surface area contributed by atoms with Crippen LogP contribution in [0.15, 0.2) is 18.2 Å². The minimum absolute atomic E-state index is 0.0229. The average molecular weight is 294 g/mol. The van der Waals surface area contributed by atoms with Crippen molar-refractivity contribution in [3.63, 3.8) is 0 Å². The van der Waals surface area contributed by atoms with Gasteiger partial charge in [-0.1, -0.05) is 23.2 Å². The van der Waals surface area contributed by atoms with Crippen molar-refractivity contribution in [3.05, 3.63) is 39.5 Å². The molecule has 0 fully saturated rings. The van der Waals surface area contributed by atoms with E-state index in [0.717, 1.165) is 0 Å². The molecule has 0 aliphatic heterocycles. The number of aromatic nitrogens is 3. The minimum atomic E-state index is -0.482. The highest BCUT2D eigenvalue weighted by molar-refractivity contribution is 6.32. The van der Waals surface area contributed by atoms with Crippen molar-refractivity contribution in [2.24, 2.45) is 0 Å². The highest BCUT2D eigenvalue weighted by atomic mass is 35.5. The molecule has 8 heteroatoms. The Morgan fingerprint density at radius 3 is 2.53 bits per heavy atom. The Balaban J connectivity index is 2.34. The first-order valence-electron chi connectivity index (χ1n) is 4.33. The lowest BCUT2D eigenvalue weighted by molar-refractivity contribution is 0.628. The molecule has 0 amide bonds. The van der Waals surface area contributed by atoms with E-state index in [2.05, 4.69) is 20.5 Å². The maximum atomic E-state index is 13.1. The van der Waals surface area contributed by atoms with Gasteiger partial charge in [-0.2, -0.15) is 4.98 Å². The molecule has 2 aromatic rings. The molecule has 0 radical (unpaired) electrons. The summed E-state index contributed by atoms with van der Waals surface area (Å²) in [5.74, 6) is -0.308. The molecular formula is C9H4Cl3FN4. The summed E-state index contributed by atoms with van der Waals surface area (Å²) >= 11 is 17.0. The summed E-state index contributed by atoms with van der Waals surface area (Å²) in [7, 11) is 0. The Labute approximate surface area is 111 Å². The fraction of sp³-hybridized carbons (Fsp3) is 0. The Morgan fingerprint density at radius 2 is 1.82 bits per heavy atom. The molecule has 1 aromatic carbocycles. The van der Waals surface area contributed by atoms with E-state index in [1.54, 1.807) is 0 Å². The summed E-state index contributed by atoms with van der Waals surface area (Å²) < 4.78 is 13.1. The van der Waals surface area contributed by atoms with Crippen molar-refractivity contribution in [3.8, 4) is 0 Å². The molecule has 0 aliphatic carbocycles. The molecule has 0 bridgehead atoms. The zero-order valence-corrected chi connectivity index (χ0v) is 10.4. The Kier molecular flexibility index (Phi) is 3.61. The molecule has 0 aliphatic rings. The first-order chi connectivity index (χ1) is 8.04. The van der Waals surface area contributed by atoms with Crippen molar-refractivity contribution >= 4 is 46.3 Å². The summed E-state index contributed by atoms with van der Waals surface area (Å²) in [4.78, 5) is 3.81. The predicted molar refractivity (Wildman–Crippen MR) is 64.5 cm³/mol. The number of nitrogens with zero attached hydrogens (tertiary/aromatic N) is 3. The van der Waals surface area contributed by atoms with E-state index in [1.165, 1.54) is 18.2 Å². The summed E-state index contributed by atoms with van der Waals surface area (Å²) in [5, 5.41) is 9.94. The van der Waals surface area contributed by atoms with Crippen LogP contribution in [-0.2, 0) is 0 Å². The van der Waals surface area contributed by atoms with Crippen LogP contribution in [0.2, 0.25) is 15.5 Å². The first kappa shape index (κ1) is 12.3. The third kappa shape index (κ3) is 3.15. The van der Waals surface area contributed by atoms with Gasteiger partial charge in [-0.3, -0.25) is 0 Å². The van der Waals surface area contributed by atoms with Crippen LogP contribution in [0.4, 0.5) is 15.9 Å². The maximum Gasteiger partial charge on any atom is 0.245 e. The Hall–Kier alpha value is -1.17. The lowest BCUT2D eigenvalue weighted by Crippen LogP contribution is -1.99. The molecule has 0 unspecified atom stereocenters. The smallest absolute Gasteiger partial charge is 0.245 e. The standard InChI is InChI=1S/C9H4Cl3FN4/c10-4-1-5(13)3-6(2-4)14-8-7(11)16-17-9(12)15-8/h1-3H,(H,14,15,17). The molecule has 0 atom stereocenters. The Bertz CT molecular complexity index is 544. The lowest BCUT2D eigenvalue weighted by Gasteiger charge is -2.06. The van der Waals surface area contributed by atoms with Gasteiger partial charge < -0.3 is 5.32 Å². The van der Waals surface area contributed by atoms with Crippen LogP contribution in [-0.4, -0.2) is 15.2 Å². The second-order valence-electron chi connectivity index (χ2n) is 3.00. The normalized spacial score (nSPS) is 10.4. The molecule has 88 valence electrons. The van der Waals surface area contributed by atoms with Crippen molar-refractivity contribution in [1.82, 2.24) is 15.2 Å². The van der Waals surface area contributed by atoms with Crippen molar-refractivity contribution in [2.45, 2.75) is 0 Å². The molecule has 1 heterocycles. The molecule has 1 aromatic heterocycles. The lowest BCUT2D eigenvalue weighted by atomic mass is 10.3. The van der Waals surface area contributed by atoms with Gasteiger partial charge in [0, 0.05) is 10.7 Å². The van der Waals surface area contributed by atoms with Crippen molar-refractivity contribution < 1.29 is 4.39 Å². The summed E-state index contributed by atoms with van der Waals surface area (Å²) in [6.07, 6.45) is 0. The van der Waals surface area contributed by atoms with Gasteiger partial charge in [-0.05, 0) is 29.8 Å². The van der Waals surface area contributed by atoms with Crippen LogP contribution in [0.3, 0.4) is 0 Å². The third-order valence-corrected chi connectivity index (χ3v) is 2.38. The van der Waals surface area contributed by atoms with Crippen LogP contribution < -0.4 is 5.32 Å². The van der Waals surface area contributed by atoms with E-state index in [0.29, 0.717) is 5.69 Å². The van der Waals surface area contributed by atoms with Crippen molar-refractivity contribution in [1.29, 1.82) is 0 Å². The SMILES string of the molecule is Fc1cc(Cl)cc(Nc2nc(Cl)nnc2Cl)c1. The van der Waals surface area contributed by atoms with E-state index in [-0.39, 0.29) is 21.3 Å². The maximum absolute atomic E-state index is 13.1. The van der Waals surface area contributed by atoms with E-state index in [1.807, 2.05) is 0 Å². The van der Waals surface area contributed by atoms with Gasteiger partial charge in [-0.15, -0.1) is 10.2 Å². The number of anilines is 2. The number of nitrogens with one attached hydrogen (secondary N) is 1. The molecule has 0 saturated carbocycles. The van der Waals surface area contributed by atoms with Gasteiger partial charge in [0.15, 0.2) is 11.0 Å². The van der Waals surface area contributed by atoms with Crippen LogP contribution in [0.25, 0.3) is 0 Å². The van der Waals surface area contributed by atoms with E-state index in [9.17, 15) is 4.39 Å². The zero-order chi connectivity index (χ0) is 12.4. The van der Waals surface area contributed by atoms with Crippen LogP contribution >= 0.6 is 34.8 Å². The van der Waals surface area contributed by atoms with Gasteiger partial charge in [0.1, 0.15) is 5.82 Å². The second kappa shape index (κ2) is 5.00. The predicted octanol–water partition coefficient (Wildman–Crippen LogP) is 3.71. The molecular weight excluding hydrogens is 289 g/mol. The van der Waals surface area contributed by atoms with E-state index in [4.69, 9.17) is 34.8 Å². The van der Waals surface area contributed by atoms with Gasteiger partial charge in [-0.25, -0.2) is 4.39 Å². The molecule has 1 N–H and O–H groups in total. The van der Waals surface area contributed by atoms with Crippen LogP contribution in [0, 0.1) is 5.82 Å². The second-order valence-corrected chi connectivity index (χ2v) is 4.14. The molecule has 0 spiro atoms. The molecule has 4 nitrogen and oxygen atoms in total. The van der Waals surface area contributed by atoms with Gasteiger partial charge in [0.25, 0.3) is 0 Å². The molecule has 0 saturated heterocycles. The monoisotopic (exact) mass is 292 g/mol. The number of benzene rings is 1. The highest BCUT2D eigenvalue weighted by Crippen LogP contribution is 2.24. The zero-order valence-electron chi connectivity index (χ0n) is 8.09. The quantitative estimate of drug-likeness (QED) is 0.917.